The quantitative estimate of drug-likeness (QED) is 0.808. The normalized spacial score (nSPS) is 18.2. The van der Waals surface area contributed by atoms with Crippen LogP contribution in [0.15, 0.2) is 36.5 Å². The van der Waals surface area contributed by atoms with Gasteiger partial charge in [0.25, 0.3) is 0 Å². The van der Waals surface area contributed by atoms with Gasteiger partial charge >= 0.3 is 0 Å². The lowest BCUT2D eigenvalue weighted by Crippen LogP contribution is -2.37. The van der Waals surface area contributed by atoms with Crippen molar-refractivity contribution < 1.29 is 0 Å². The highest BCUT2D eigenvalue weighted by atomic mass is 15.4. The molecule has 1 aromatic heterocycles. The summed E-state index contributed by atoms with van der Waals surface area (Å²) in [6.45, 7) is 8.25. The van der Waals surface area contributed by atoms with Gasteiger partial charge in [-0.2, -0.15) is 0 Å². The average molecular weight is 312 g/mol. The molecule has 2 aromatic rings. The second-order valence-electron chi connectivity index (χ2n) is 6.88. The molecule has 0 aliphatic carbocycles. The molecule has 0 N–H and O–H groups in total. The minimum absolute atomic E-state index is 0.498. The van der Waals surface area contributed by atoms with Crippen molar-refractivity contribution in [3.05, 3.63) is 36.5 Å². The number of piperidine rings is 1. The predicted octanol–water partition coefficient (Wildman–Crippen LogP) is 4.02. The van der Waals surface area contributed by atoms with Crippen molar-refractivity contribution in [2.75, 3.05) is 19.6 Å². The first kappa shape index (κ1) is 16.2. The topological polar surface area (TPSA) is 34.0 Å². The van der Waals surface area contributed by atoms with Gasteiger partial charge in [0.15, 0.2) is 0 Å². The van der Waals surface area contributed by atoms with Crippen molar-refractivity contribution in [2.24, 2.45) is 5.92 Å². The molecule has 1 aliphatic heterocycles. The van der Waals surface area contributed by atoms with E-state index in [9.17, 15) is 0 Å². The third kappa shape index (κ3) is 4.20. The highest BCUT2D eigenvalue weighted by Crippen LogP contribution is 2.24. The lowest BCUT2D eigenvalue weighted by Gasteiger charge is -2.33. The Balaban J connectivity index is 1.55. The van der Waals surface area contributed by atoms with E-state index in [-0.39, 0.29) is 0 Å². The largest absolute Gasteiger partial charge is 0.303 e. The zero-order chi connectivity index (χ0) is 16.1. The lowest BCUT2D eigenvalue weighted by atomic mass is 10.0. The van der Waals surface area contributed by atoms with E-state index in [4.69, 9.17) is 0 Å². The molecule has 1 aromatic carbocycles. The van der Waals surface area contributed by atoms with Gasteiger partial charge in [-0.15, -0.1) is 5.10 Å². The minimum atomic E-state index is 0.498. The fourth-order valence-electron chi connectivity index (χ4n) is 3.59. The SMILES string of the molecule is CCC[C@@H](C)CN1CCC(n2cc(-c3ccccc3)nn2)CC1. The maximum atomic E-state index is 4.38. The molecule has 0 unspecified atom stereocenters. The first-order chi connectivity index (χ1) is 11.3. The molecule has 3 rings (SSSR count). The second kappa shape index (κ2) is 7.73. The van der Waals surface area contributed by atoms with Gasteiger partial charge in [-0.3, -0.25) is 0 Å². The minimum Gasteiger partial charge on any atom is -0.303 e. The Morgan fingerprint density at radius 3 is 2.61 bits per heavy atom. The zero-order valence-electron chi connectivity index (χ0n) is 14.4. The summed E-state index contributed by atoms with van der Waals surface area (Å²) in [5.41, 5.74) is 2.12. The molecular formula is C19H28N4. The third-order valence-corrected chi connectivity index (χ3v) is 4.86. The molecule has 23 heavy (non-hydrogen) atoms. The van der Waals surface area contributed by atoms with Gasteiger partial charge in [0.05, 0.1) is 12.2 Å². The first-order valence-electron chi connectivity index (χ1n) is 8.96. The fourth-order valence-corrected chi connectivity index (χ4v) is 3.59. The number of benzene rings is 1. The lowest BCUT2D eigenvalue weighted by molar-refractivity contribution is 0.157. The highest BCUT2D eigenvalue weighted by Gasteiger charge is 2.22. The van der Waals surface area contributed by atoms with Gasteiger partial charge in [0.2, 0.25) is 0 Å². The molecule has 4 nitrogen and oxygen atoms in total. The van der Waals surface area contributed by atoms with Crippen LogP contribution in [0.5, 0.6) is 0 Å². The van der Waals surface area contributed by atoms with Crippen molar-refractivity contribution in [1.82, 2.24) is 19.9 Å². The fraction of sp³-hybridized carbons (Fsp3) is 0.579. The van der Waals surface area contributed by atoms with Gasteiger partial charge in [0, 0.05) is 25.2 Å². The van der Waals surface area contributed by atoms with Crippen molar-refractivity contribution >= 4 is 0 Å². The number of hydrogen-bond donors (Lipinski definition) is 0. The molecule has 0 radical (unpaired) electrons. The molecule has 4 heteroatoms. The smallest absolute Gasteiger partial charge is 0.113 e. The first-order valence-corrected chi connectivity index (χ1v) is 8.96. The summed E-state index contributed by atoms with van der Waals surface area (Å²) in [5.74, 6) is 0.813. The summed E-state index contributed by atoms with van der Waals surface area (Å²) in [6, 6.07) is 10.8. The number of rotatable bonds is 6. The molecule has 0 spiro atoms. The summed E-state index contributed by atoms with van der Waals surface area (Å²) >= 11 is 0. The third-order valence-electron chi connectivity index (χ3n) is 4.86. The van der Waals surface area contributed by atoms with E-state index >= 15 is 0 Å². The van der Waals surface area contributed by atoms with E-state index in [1.54, 1.807) is 0 Å². The van der Waals surface area contributed by atoms with Crippen molar-refractivity contribution in [3.63, 3.8) is 0 Å². The molecule has 2 heterocycles. The Morgan fingerprint density at radius 2 is 1.91 bits per heavy atom. The van der Waals surface area contributed by atoms with E-state index in [1.807, 2.05) is 18.2 Å². The predicted molar refractivity (Wildman–Crippen MR) is 94.2 cm³/mol. The van der Waals surface area contributed by atoms with Crippen molar-refractivity contribution in [3.8, 4) is 11.3 Å². The maximum absolute atomic E-state index is 4.38. The van der Waals surface area contributed by atoms with Crippen LogP contribution in [-0.4, -0.2) is 39.5 Å². The van der Waals surface area contributed by atoms with Crippen LogP contribution < -0.4 is 0 Å². The van der Waals surface area contributed by atoms with Crippen LogP contribution in [0.1, 0.15) is 45.6 Å². The number of likely N-dealkylation sites (tertiary alicyclic amines) is 1. The summed E-state index contributed by atoms with van der Waals surface area (Å²) < 4.78 is 2.08. The van der Waals surface area contributed by atoms with E-state index in [0.717, 1.165) is 17.2 Å². The Kier molecular flexibility index (Phi) is 5.44. The number of nitrogens with zero attached hydrogens (tertiary/aromatic N) is 4. The Bertz CT molecular complexity index is 584. The standard InChI is InChI=1S/C19H28N4/c1-3-7-16(2)14-22-12-10-18(11-13-22)23-15-19(20-21-23)17-8-5-4-6-9-17/h4-6,8-9,15-16,18H,3,7,10-14H2,1-2H3/t16-/m1/s1. The molecule has 0 bridgehead atoms. The van der Waals surface area contributed by atoms with E-state index in [1.165, 1.54) is 45.3 Å². The van der Waals surface area contributed by atoms with Crippen LogP contribution in [0.3, 0.4) is 0 Å². The molecule has 0 amide bonds. The number of aromatic nitrogens is 3. The van der Waals surface area contributed by atoms with Crippen LogP contribution >= 0.6 is 0 Å². The average Bonchev–Trinajstić information content (AvgIpc) is 3.07. The van der Waals surface area contributed by atoms with Crippen LogP contribution in [0.4, 0.5) is 0 Å². The summed E-state index contributed by atoms with van der Waals surface area (Å²) in [5, 5.41) is 8.73. The van der Waals surface area contributed by atoms with E-state index < -0.39 is 0 Å². The second-order valence-corrected chi connectivity index (χ2v) is 6.88. The molecule has 0 saturated carbocycles. The molecular weight excluding hydrogens is 284 g/mol. The van der Waals surface area contributed by atoms with Gasteiger partial charge in [0.1, 0.15) is 5.69 Å². The van der Waals surface area contributed by atoms with E-state index in [2.05, 4.69) is 52.1 Å². The van der Waals surface area contributed by atoms with E-state index in [0.29, 0.717) is 6.04 Å². The Labute approximate surface area is 139 Å². The van der Waals surface area contributed by atoms with Gasteiger partial charge in [-0.25, -0.2) is 4.68 Å². The van der Waals surface area contributed by atoms with Crippen molar-refractivity contribution in [1.29, 1.82) is 0 Å². The molecule has 1 saturated heterocycles. The van der Waals surface area contributed by atoms with Gasteiger partial charge in [-0.1, -0.05) is 55.8 Å². The van der Waals surface area contributed by atoms with Crippen LogP contribution in [-0.2, 0) is 0 Å². The van der Waals surface area contributed by atoms with Crippen LogP contribution in [0, 0.1) is 5.92 Å². The molecule has 1 aliphatic rings. The molecule has 124 valence electrons. The summed E-state index contributed by atoms with van der Waals surface area (Å²) in [4.78, 5) is 2.62. The summed E-state index contributed by atoms with van der Waals surface area (Å²) in [7, 11) is 0. The van der Waals surface area contributed by atoms with Crippen LogP contribution in [0.25, 0.3) is 11.3 Å². The monoisotopic (exact) mass is 312 g/mol. The highest BCUT2D eigenvalue weighted by molar-refractivity contribution is 5.57. The molecule has 1 fully saturated rings. The Hall–Kier alpha value is -1.68. The van der Waals surface area contributed by atoms with Crippen LogP contribution in [0.2, 0.25) is 0 Å². The number of hydrogen-bond acceptors (Lipinski definition) is 3. The van der Waals surface area contributed by atoms with Gasteiger partial charge in [-0.05, 0) is 25.2 Å². The Morgan fingerprint density at radius 1 is 1.17 bits per heavy atom. The zero-order valence-corrected chi connectivity index (χ0v) is 14.4. The van der Waals surface area contributed by atoms with Gasteiger partial charge < -0.3 is 4.90 Å². The molecule has 1 atom stereocenters. The van der Waals surface area contributed by atoms with Crippen molar-refractivity contribution in [2.45, 2.75) is 45.6 Å². The maximum Gasteiger partial charge on any atom is 0.113 e. The summed E-state index contributed by atoms with van der Waals surface area (Å²) in [6.07, 6.45) is 7.09.